The second-order valence-electron chi connectivity index (χ2n) is 5.29. The van der Waals surface area contributed by atoms with Crippen molar-refractivity contribution < 1.29 is 13.6 Å². The Bertz CT molecular complexity index is 676. The molecule has 2 aromatic rings. The number of alkyl halides is 2. The number of pyridine rings is 1. The average molecular weight is 314 g/mol. The van der Waals surface area contributed by atoms with Gasteiger partial charge in [0.05, 0.1) is 5.52 Å². The number of carbonyl (C=O) groups is 1. The lowest BCUT2D eigenvalue weighted by molar-refractivity contribution is -0.0399. The zero-order valence-electron chi connectivity index (χ0n) is 11.2. The van der Waals surface area contributed by atoms with Crippen LogP contribution in [0, 0.1) is 0 Å². The second-order valence-corrected chi connectivity index (χ2v) is 5.64. The van der Waals surface area contributed by atoms with Gasteiger partial charge in [-0.05, 0) is 25.0 Å². The SMILES string of the molecule is O=C(NC1CCC(F)(F)CC1)c1nc(Cl)c2ccccn12. The van der Waals surface area contributed by atoms with Crippen LogP contribution in [0.25, 0.3) is 5.52 Å². The van der Waals surface area contributed by atoms with E-state index in [0.717, 1.165) is 0 Å². The molecule has 0 spiro atoms. The standard InChI is InChI=1S/C14H14ClF2N3O/c15-11-10-3-1-2-8-20(10)12(19-11)13(21)18-9-4-6-14(16,17)7-5-9/h1-3,8-9H,4-7H2,(H,18,21). The predicted molar refractivity (Wildman–Crippen MR) is 74.9 cm³/mol. The summed E-state index contributed by atoms with van der Waals surface area (Å²) >= 11 is 5.99. The van der Waals surface area contributed by atoms with Gasteiger partial charge in [0.2, 0.25) is 11.7 Å². The third kappa shape index (κ3) is 2.85. The van der Waals surface area contributed by atoms with Crippen LogP contribution < -0.4 is 5.32 Å². The Hall–Kier alpha value is -1.69. The van der Waals surface area contributed by atoms with Gasteiger partial charge in [0.15, 0.2) is 5.15 Å². The first-order valence-electron chi connectivity index (χ1n) is 6.77. The second kappa shape index (κ2) is 5.26. The van der Waals surface area contributed by atoms with Gasteiger partial charge >= 0.3 is 0 Å². The highest BCUT2D eigenvalue weighted by atomic mass is 35.5. The minimum Gasteiger partial charge on any atom is -0.347 e. The monoisotopic (exact) mass is 313 g/mol. The number of halogens is 3. The summed E-state index contributed by atoms with van der Waals surface area (Å²) in [6.07, 6.45) is 1.85. The van der Waals surface area contributed by atoms with Gasteiger partial charge in [-0.15, -0.1) is 0 Å². The minimum absolute atomic E-state index is 0.174. The summed E-state index contributed by atoms with van der Waals surface area (Å²) in [5.74, 6) is -2.82. The number of amides is 1. The van der Waals surface area contributed by atoms with E-state index in [1.807, 2.05) is 0 Å². The fraction of sp³-hybridized carbons (Fsp3) is 0.429. The lowest BCUT2D eigenvalue weighted by Crippen LogP contribution is -2.40. The van der Waals surface area contributed by atoms with Crippen LogP contribution in [0.2, 0.25) is 5.15 Å². The fourth-order valence-electron chi connectivity index (χ4n) is 2.59. The molecule has 21 heavy (non-hydrogen) atoms. The summed E-state index contributed by atoms with van der Waals surface area (Å²) in [7, 11) is 0. The molecule has 0 aromatic carbocycles. The average Bonchev–Trinajstić information content (AvgIpc) is 2.79. The maximum atomic E-state index is 13.1. The molecule has 1 saturated carbocycles. The summed E-state index contributed by atoms with van der Waals surface area (Å²) in [5.41, 5.74) is 0.638. The zero-order valence-corrected chi connectivity index (χ0v) is 11.9. The van der Waals surface area contributed by atoms with Crippen molar-refractivity contribution in [2.45, 2.75) is 37.6 Å². The molecule has 112 valence electrons. The van der Waals surface area contributed by atoms with E-state index in [0.29, 0.717) is 5.52 Å². The summed E-state index contributed by atoms with van der Waals surface area (Å²) in [6, 6.07) is 5.08. The zero-order chi connectivity index (χ0) is 15.0. The third-order valence-electron chi connectivity index (χ3n) is 3.76. The van der Waals surface area contributed by atoms with Crippen LogP contribution in [0.5, 0.6) is 0 Å². The van der Waals surface area contributed by atoms with Gasteiger partial charge < -0.3 is 5.32 Å². The van der Waals surface area contributed by atoms with E-state index in [1.54, 1.807) is 28.8 Å². The molecule has 1 aliphatic carbocycles. The molecule has 0 atom stereocenters. The minimum atomic E-state index is -2.61. The van der Waals surface area contributed by atoms with Crippen molar-refractivity contribution in [2.24, 2.45) is 0 Å². The first-order valence-corrected chi connectivity index (χ1v) is 7.15. The van der Waals surface area contributed by atoms with Crippen LogP contribution in [0.4, 0.5) is 8.78 Å². The van der Waals surface area contributed by atoms with Gasteiger partial charge in [-0.3, -0.25) is 9.20 Å². The highest BCUT2D eigenvalue weighted by Gasteiger charge is 2.35. The molecule has 0 radical (unpaired) electrons. The van der Waals surface area contributed by atoms with Crippen molar-refractivity contribution in [1.29, 1.82) is 0 Å². The Balaban J connectivity index is 1.76. The lowest BCUT2D eigenvalue weighted by atomic mass is 9.92. The molecule has 0 bridgehead atoms. The summed E-state index contributed by atoms with van der Waals surface area (Å²) in [5, 5.41) is 3.01. The third-order valence-corrected chi connectivity index (χ3v) is 4.04. The Labute approximate surface area is 125 Å². The normalized spacial score (nSPS) is 18.8. The molecule has 0 saturated heterocycles. The number of hydrogen-bond donors (Lipinski definition) is 1. The van der Waals surface area contributed by atoms with Crippen LogP contribution in [-0.4, -0.2) is 27.3 Å². The Morgan fingerprint density at radius 1 is 1.38 bits per heavy atom. The van der Waals surface area contributed by atoms with E-state index in [9.17, 15) is 13.6 Å². The highest BCUT2D eigenvalue weighted by Crippen LogP contribution is 2.33. The predicted octanol–water partition coefficient (Wildman–Crippen LogP) is 3.30. The van der Waals surface area contributed by atoms with Crippen molar-refractivity contribution in [3.63, 3.8) is 0 Å². The smallest absolute Gasteiger partial charge is 0.287 e. The lowest BCUT2D eigenvalue weighted by Gasteiger charge is -2.28. The van der Waals surface area contributed by atoms with E-state index >= 15 is 0 Å². The molecule has 0 aliphatic heterocycles. The number of aromatic nitrogens is 2. The van der Waals surface area contributed by atoms with Crippen molar-refractivity contribution in [1.82, 2.24) is 14.7 Å². The molecule has 1 aliphatic rings. The molecule has 2 aromatic heterocycles. The topological polar surface area (TPSA) is 46.4 Å². The van der Waals surface area contributed by atoms with Gasteiger partial charge in [-0.25, -0.2) is 13.8 Å². The van der Waals surface area contributed by atoms with E-state index in [4.69, 9.17) is 11.6 Å². The molecule has 1 N–H and O–H groups in total. The maximum absolute atomic E-state index is 13.1. The molecule has 1 fully saturated rings. The summed E-state index contributed by atoms with van der Waals surface area (Å²) in [4.78, 5) is 16.3. The van der Waals surface area contributed by atoms with Crippen LogP contribution in [0.3, 0.4) is 0 Å². The highest BCUT2D eigenvalue weighted by molar-refractivity contribution is 6.33. The summed E-state index contributed by atoms with van der Waals surface area (Å²) in [6.45, 7) is 0. The number of imidazole rings is 1. The number of hydrogen-bond acceptors (Lipinski definition) is 2. The van der Waals surface area contributed by atoms with E-state index < -0.39 is 11.8 Å². The fourth-order valence-corrected chi connectivity index (χ4v) is 2.83. The molecule has 3 rings (SSSR count). The van der Waals surface area contributed by atoms with Crippen molar-refractivity contribution in [3.8, 4) is 0 Å². The largest absolute Gasteiger partial charge is 0.347 e. The first-order chi connectivity index (χ1) is 9.96. The molecule has 7 heteroatoms. The molecule has 2 heterocycles. The molecular weight excluding hydrogens is 300 g/mol. The summed E-state index contributed by atoms with van der Waals surface area (Å²) < 4.78 is 27.8. The maximum Gasteiger partial charge on any atom is 0.287 e. The van der Waals surface area contributed by atoms with Crippen LogP contribution in [0.1, 0.15) is 36.3 Å². The van der Waals surface area contributed by atoms with Crippen molar-refractivity contribution >= 4 is 23.0 Å². The number of nitrogens with one attached hydrogen (secondary N) is 1. The van der Waals surface area contributed by atoms with Crippen molar-refractivity contribution in [2.75, 3.05) is 0 Å². The van der Waals surface area contributed by atoms with Crippen molar-refractivity contribution in [3.05, 3.63) is 35.4 Å². The van der Waals surface area contributed by atoms with Crippen LogP contribution in [-0.2, 0) is 0 Å². The first kappa shape index (κ1) is 14.3. The quantitative estimate of drug-likeness (QED) is 0.924. The van der Waals surface area contributed by atoms with E-state index in [-0.39, 0.29) is 42.7 Å². The van der Waals surface area contributed by atoms with Gasteiger partial charge in [-0.2, -0.15) is 0 Å². The Kier molecular flexibility index (Phi) is 3.57. The van der Waals surface area contributed by atoms with Crippen LogP contribution in [0.15, 0.2) is 24.4 Å². The molecular formula is C14H14ClF2N3O. The van der Waals surface area contributed by atoms with Gasteiger partial charge in [-0.1, -0.05) is 17.7 Å². The van der Waals surface area contributed by atoms with Gasteiger partial charge in [0, 0.05) is 25.1 Å². The molecule has 0 unspecified atom stereocenters. The van der Waals surface area contributed by atoms with E-state index in [1.165, 1.54) is 0 Å². The van der Waals surface area contributed by atoms with Gasteiger partial charge in [0.25, 0.3) is 5.91 Å². The molecule has 4 nitrogen and oxygen atoms in total. The number of nitrogens with zero attached hydrogens (tertiary/aromatic N) is 2. The number of carbonyl (C=O) groups excluding carboxylic acids is 1. The Morgan fingerprint density at radius 3 is 2.81 bits per heavy atom. The van der Waals surface area contributed by atoms with Gasteiger partial charge in [0.1, 0.15) is 0 Å². The number of rotatable bonds is 2. The Morgan fingerprint density at radius 2 is 2.10 bits per heavy atom. The number of fused-ring (bicyclic) bond motifs is 1. The van der Waals surface area contributed by atoms with E-state index in [2.05, 4.69) is 10.3 Å². The van der Waals surface area contributed by atoms with Crippen LogP contribution >= 0.6 is 11.6 Å². The molecule has 1 amide bonds.